The topological polar surface area (TPSA) is 56.7 Å². The van der Waals surface area contributed by atoms with Crippen molar-refractivity contribution < 1.29 is 0 Å². The number of aromatic nitrogens is 3. The Hall–Kier alpha value is -1.26. The van der Waals surface area contributed by atoms with Crippen LogP contribution in [0.25, 0.3) is 5.82 Å². The fourth-order valence-electron chi connectivity index (χ4n) is 1.06. The van der Waals surface area contributed by atoms with Crippen molar-refractivity contribution >= 4 is 28.9 Å². The van der Waals surface area contributed by atoms with E-state index in [-0.39, 0.29) is 0 Å². The van der Waals surface area contributed by atoms with Crippen LogP contribution >= 0.6 is 23.2 Å². The molecule has 0 bridgehead atoms. The van der Waals surface area contributed by atoms with Crippen LogP contribution in [0.4, 0.5) is 5.69 Å². The van der Waals surface area contributed by atoms with Crippen LogP contribution in [0.3, 0.4) is 0 Å². The van der Waals surface area contributed by atoms with Gasteiger partial charge in [-0.3, -0.25) is 0 Å². The average Bonchev–Trinajstić information content (AvgIpc) is 2.51. The van der Waals surface area contributed by atoms with E-state index in [1.165, 1.54) is 17.1 Å². The maximum absolute atomic E-state index is 5.72. The lowest BCUT2D eigenvalue weighted by molar-refractivity contribution is 0.850. The van der Waals surface area contributed by atoms with Gasteiger partial charge < -0.3 is 5.73 Å². The molecule has 0 aliphatic heterocycles. The van der Waals surface area contributed by atoms with Gasteiger partial charge in [-0.2, -0.15) is 5.10 Å². The SMILES string of the molecule is Nc1cc(Cl)cnc1-n1cc(Cl)cn1. The summed E-state index contributed by atoms with van der Waals surface area (Å²) in [6, 6.07) is 1.61. The number of pyridine rings is 1. The third-order valence-corrected chi connectivity index (χ3v) is 2.03. The molecular formula is C8H6Cl2N4. The second-order valence-electron chi connectivity index (χ2n) is 2.67. The Labute approximate surface area is 90.3 Å². The second kappa shape index (κ2) is 3.48. The van der Waals surface area contributed by atoms with Gasteiger partial charge in [-0.25, -0.2) is 9.67 Å². The van der Waals surface area contributed by atoms with E-state index in [0.717, 1.165) is 0 Å². The van der Waals surface area contributed by atoms with Gasteiger partial charge in [-0.05, 0) is 6.07 Å². The second-order valence-corrected chi connectivity index (χ2v) is 3.54. The summed E-state index contributed by atoms with van der Waals surface area (Å²) >= 11 is 11.4. The highest BCUT2D eigenvalue weighted by Gasteiger charge is 2.05. The van der Waals surface area contributed by atoms with Crippen molar-refractivity contribution in [3.8, 4) is 5.82 Å². The Balaban J connectivity index is 2.52. The molecule has 0 atom stereocenters. The molecule has 0 fully saturated rings. The van der Waals surface area contributed by atoms with Crippen molar-refractivity contribution in [2.75, 3.05) is 5.73 Å². The minimum absolute atomic E-state index is 0.456. The lowest BCUT2D eigenvalue weighted by atomic mass is 10.4. The number of rotatable bonds is 1. The summed E-state index contributed by atoms with van der Waals surface area (Å²) in [5.74, 6) is 0.515. The monoisotopic (exact) mass is 228 g/mol. The zero-order valence-electron chi connectivity index (χ0n) is 6.98. The summed E-state index contributed by atoms with van der Waals surface area (Å²) in [5.41, 5.74) is 6.17. The Kier molecular flexibility index (Phi) is 2.31. The van der Waals surface area contributed by atoms with Gasteiger partial charge in [0.15, 0.2) is 5.82 Å². The summed E-state index contributed by atoms with van der Waals surface area (Å²) in [6.07, 6.45) is 4.63. The third-order valence-electron chi connectivity index (χ3n) is 1.63. The van der Waals surface area contributed by atoms with Gasteiger partial charge in [-0.15, -0.1) is 0 Å². The molecule has 2 aromatic rings. The molecule has 0 amide bonds. The van der Waals surface area contributed by atoms with Crippen LogP contribution in [0.1, 0.15) is 0 Å². The molecule has 0 spiro atoms. The predicted octanol–water partition coefficient (Wildman–Crippen LogP) is 2.16. The molecule has 14 heavy (non-hydrogen) atoms. The summed E-state index contributed by atoms with van der Waals surface area (Å²) in [7, 11) is 0. The third kappa shape index (κ3) is 1.66. The Morgan fingerprint density at radius 1 is 1.21 bits per heavy atom. The number of nitrogens with two attached hydrogens (primary N) is 1. The molecule has 0 saturated carbocycles. The van der Waals surface area contributed by atoms with E-state index in [4.69, 9.17) is 28.9 Å². The molecule has 0 radical (unpaired) electrons. The molecule has 0 saturated heterocycles. The van der Waals surface area contributed by atoms with Crippen LogP contribution in [-0.2, 0) is 0 Å². The predicted molar refractivity (Wildman–Crippen MR) is 55.8 cm³/mol. The highest BCUT2D eigenvalue weighted by molar-refractivity contribution is 6.31. The molecule has 2 N–H and O–H groups in total. The molecule has 0 unspecified atom stereocenters. The van der Waals surface area contributed by atoms with Crippen LogP contribution in [0.5, 0.6) is 0 Å². The lowest BCUT2D eigenvalue weighted by Gasteiger charge is -2.03. The standard InChI is InChI=1S/C8H6Cl2N4/c9-5-1-7(11)8(12-2-5)14-4-6(10)3-13-14/h1-4H,11H2. The summed E-state index contributed by atoms with van der Waals surface area (Å²) in [4.78, 5) is 4.05. The van der Waals surface area contributed by atoms with Crippen molar-refractivity contribution in [3.05, 3.63) is 34.7 Å². The van der Waals surface area contributed by atoms with Crippen LogP contribution in [0.15, 0.2) is 24.7 Å². The van der Waals surface area contributed by atoms with Gasteiger partial charge >= 0.3 is 0 Å². The zero-order valence-corrected chi connectivity index (χ0v) is 8.50. The molecular weight excluding hydrogens is 223 g/mol. The van der Waals surface area contributed by atoms with Crippen molar-refractivity contribution in [2.24, 2.45) is 0 Å². The lowest BCUT2D eigenvalue weighted by Crippen LogP contribution is -2.02. The van der Waals surface area contributed by atoms with E-state index < -0.39 is 0 Å². The molecule has 72 valence electrons. The van der Waals surface area contributed by atoms with E-state index in [9.17, 15) is 0 Å². The number of nitrogen functional groups attached to an aromatic ring is 1. The van der Waals surface area contributed by atoms with Crippen molar-refractivity contribution in [1.29, 1.82) is 0 Å². The van der Waals surface area contributed by atoms with Crippen molar-refractivity contribution in [2.45, 2.75) is 0 Å². The number of hydrogen-bond acceptors (Lipinski definition) is 3. The first kappa shape index (κ1) is 9.30. The molecule has 2 rings (SSSR count). The number of hydrogen-bond donors (Lipinski definition) is 1. The van der Waals surface area contributed by atoms with Gasteiger partial charge in [0.1, 0.15) is 0 Å². The maximum atomic E-state index is 5.72. The first-order chi connectivity index (χ1) is 6.66. The Morgan fingerprint density at radius 3 is 2.57 bits per heavy atom. The molecule has 2 heterocycles. The quantitative estimate of drug-likeness (QED) is 0.814. The van der Waals surface area contributed by atoms with Gasteiger partial charge in [0.05, 0.1) is 28.1 Å². The molecule has 6 heteroatoms. The molecule has 0 aliphatic rings. The van der Waals surface area contributed by atoms with E-state index in [1.807, 2.05) is 0 Å². The fraction of sp³-hybridized carbons (Fsp3) is 0. The molecule has 0 aromatic carbocycles. The van der Waals surface area contributed by atoms with Gasteiger partial charge in [0.2, 0.25) is 0 Å². The van der Waals surface area contributed by atoms with E-state index >= 15 is 0 Å². The van der Waals surface area contributed by atoms with Gasteiger partial charge in [0, 0.05) is 6.20 Å². The first-order valence-corrected chi connectivity index (χ1v) is 4.54. The summed E-state index contributed by atoms with van der Waals surface area (Å²) in [6.45, 7) is 0. The maximum Gasteiger partial charge on any atom is 0.176 e. The number of anilines is 1. The number of halogens is 2. The highest BCUT2D eigenvalue weighted by Crippen LogP contribution is 2.19. The van der Waals surface area contributed by atoms with E-state index in [2.05, 4.69) is 10.1 Å². The highest BCUT2D eigenvalue weighted by atomic mass is 35.5. The first-order valence-electron chi connectivity index (χ1n) is 3.78. The normalized spacial score (nSPS) is 10.4. The molecule has 2 aromatic heterocycles. The van der Waals surface area contributed by atoms with Crippen LogP contribution in [-0.4, -0.2) is 14.8 Å². The van der Waals surface area contributed by atoms with Crippen LogP contribution < -0.4 is 5.73 Å². The average molecular weight is 229 g/mol. The minimum atomic E-state index is 0.456. The Bertz CT molecular complexity index is 466. The number of nitrogens with zero attached hydrogens (tertiary/aromatic N) is 3. The van der Waals surface area contributed by atoms with Crippen molar-refractivity contribution in [3.63, 3.8) is 0 Å². The summed E-state index contributed by atoms with van der Waals surface area (Å²) in [5, 5.41) is 4.99. The molecule has 0 aliphatic carbocycles. The Morgan fingerprint density at radius 2 is 2.00 bits per heavy atom. The largest absolute Gasteiger partial charge is 0.396 e. The van der Waals surface area contributed by atoms with E-state index in [1.54, 1.807) is 12.3 Å². The summed E-state index contributed by atoms with van der Waals surface area (Å²) < 4.78 is 1.49. The minimum Gasteiger partial charge on any atom is -0.396 e. The zero-order chi connectivity index (χ0) is 10.1. The molecule has 4 nitrogen and oxygen atoms in total. The fourth-order valence-corrected chi connectivity index (χ4v) is 1.36. The van der Waals surface area contributed by atoms with Gasteiger partial charge in [0.25, 0.3) is 0 Å². The van der Waals surface area contributed by atoms with E-state index in [0.29, 0.717) is 21.6 Å². The smallest absolute Gasteiger partial charge is 0.176 e. The van der Waals surface area contributed by atoms with Crippen molar-refractivity contribution in [1.82, 2.24) is 14.8 Å². The van der Waals surface area contributed by atoms with Crippen LogP contribution in [0.2, 0.25) is 10.0 Å². The van der Waals surface area contributed by atoms with Crippen LogP contribution in [0, 0.1) is 0 Å². The van der Waals surface area contributed by atoms with Gasteiger partial charge in [-0.1, -0.05) is 23.2 Å².